The maximum Gasteiger partial charge on any atom is 0.228 e. The third kappa shape index (κ3) is 1.80. The van der Waals surface area contributed by atoms with Gasteiger partial charge in [0.25, 0.3) is 0 Å². The molecule has 0 saturated heterocycles. The summed E-state index contributed by atoms with van der Waals surface area (Å²) in [4.78, 5) is 10.0. The van der Waals surface area contributed by atoms with Gasteiger partial charge in [-0.05, 0) is 6.42 Å². The van der Waals surface area contributed by atoms with Gasteiger partial charge in [-0.15, -0.1) is 0 Å². The maximum atomic E-state index is 5.71. The fraction of sp³-hybridized carbons (Fsp3) is 0.500. The summed E-state index contributed by atoms with van der Waals surface area (Å²) in [6, 6.07) is 0. The molecule has 0 unspecified atom stereocenters. The first kappa shape index (κ1) is 9.57. The number of anilines is 3. The third-order valence-electron chi connectivity index (χ3n) is 1.81. The van der Waals surface area contributed by atoms with Crippen molar-refractivity contribution in [2.45, 2.75) is 13.3 Å². The van der Waals surface area contributed by atoms with Crippen LogP contribution in [0.4, 0.5) is 17.6 Å². The number of rotatable bonds is 2. The Balaban J connectivity index is 3.20. The lowest BCUT2D eigenvalue weighted by atomic mass is 10.2. The molecule has 0 amide bonds. The van der Waals surface area contributed by atoms with Crippen LogP contribution in [0.15, 0.2) is 0 Å². The van der Waals surface area contributed by atoms with Crippen molar-refractivity contribution in [1.29, 1.82) is 0 Å². The van der Waals surface area contributed by atoms with Gasteiger partial charge in [0, 0.05) is 19.7 Å². The fourth-order valence-corrected chi connectivity index (χ4v) is 1.07. The molecule has 0 atom stereocenters. The second-order valence-corrected chi connectivity index (χ2v) is 3.02. The van der Waals surface area contributed by atoms with Gasteiger partial charge in [-0.25, -0.2) is 0 Å². The van der Waals surface area contributed by atoms with Gasteiger partial charge in [-0.3, -0.25) is 0 Å². The van der Waals surface area contributed by atoms with Crippen LogP contribution >= 0.6 is 0 Å². The van der Waals surface area contributed by atoms with Crippen molar-refractivity contribution in [1.82, 2.24) is 9.97 Å². The zero-order chi connectivity index (χ0) is 10.0. The minimum atomic E-state index is 0.471. The maximum absolute atomic E-state index is 5.71. The molecular weight excluding hydrogens is 166 g/mol. The molecule has 72 valence electrons. The summed E-state index contributed by atoms with van der Waals surface area (Å²) in [5.74, 6) is 1.49. The van der Waals surface area contributed by atoms with E-state index in [1.807, 2.05) is 21.0 Å². The van der Waals surface area contributed by atoms with Gasteiger partial charge in [0.05, 0.1) is 0 Å². The Morgan fingerprint density at radius 3 is 1.92 bits per heavy atom. The van der Waals surface area contributed by atoms with Crippen molar-refractivity contribution in [3.8, 4) is 0 Å². The van der Waals surface area contributed by atoms with E-state index in [4.69, 9.17) is 11.5 Å². The van der Waals surface area contributed by atoms with Gasteiger partial charge < -0.3 is 16.4 Å². The van der Waals surface area contributed by atoms with E-state index in [1.165, 1.54) is 0 Å². The summed E-state index contributed by atoms with van der Waals surface area (Å²) in [7, 11) is 3.69. The van der Waals surface area contributed by atoms with Crippen molar-refractivity contribution in [3.05, 3.63) is 5.56 Å². The molecule has 0 aliphatic carbocycles. The van der Waals surface area contributed by atoms with E-state index in [0.29, 0.717) is 17.6 Å². The molecule has 4 N–H and O–H groups in total. The highest BCUT2D eigenvalue weighted by molar-refractivity contribution is 5.56. The standard InChI is InChI=1S/C8H15N5/c1-4-5-6(9)11-8(13(2)3)12-7(5)10/h4H2,1-3H3,(H4,9,10,11,12). The number of nitrogens with two attached hydrogens (primary N) is 2. The summed E-state index contributed by atoms with van der Waals surface area (Å²) in [6.45, 7) is 1.97. The second kappa shape index (κ2) is 3.47. The number of nitrogens with zero attached hydrogens (tertiary/aromatic N) is 3. The smallest absolute Gasteiger partial charge is 0.228 e. The summed E-state index contributed by atoms with van der Waals surface area (Å²) in [6.07, 6.45) is 0.755. The zero-order valence-corrected chi connectivity index (χ0v) is 8.20. The van der Waals surface area contributed by atoms with E-state index in [0.717, 1.165) is 12.0 Å². The van der Waals surface area contributed by atoms with Crippen molar-refractivity contribution in [2.75, 3.05) is 30.5 Å². The summed E-state index contributed by atoms with van der Waals surface area (Å²) >= 11 is 0. The number of hydrogen-bond donors (Lipinski definition) is 2. The molecule has 5 heteroatoms. The van der Waals surface area contributed by atoms with Crippen LogP contribution in [0, 0.1) is 0 Å². The highest BCUT2D eigenvalue weighted by Gasteiger charge is 2.08. The molecule has 0 spiro atoms. The molecule has 0 radical (unpaired) electrons. The molecule has 1 aromatic heterocycles. The number of nitrogen functional groups attached to an aromatic ring is 2. The van der Waals surface area contributed by atoms with E-state index in [2.05, 4.69) is 9.97 Å². The molecule has 0 aromatic carbocycles. The first-order chi connectivity index (χ1) is 6.06. The molecule has 0 fully saturated rings. The quantitative estimate of drug-likeness (QED) is 0.684. The first-order valence-electron chi connectivity index (χ1n) is 4.15. The molecule has 1 aromatic rings. The summed E-state index contributed by atoms with van der Waals surface area (Å²) in [5.41, 5.74) is 12.3. The van der Waals surface area contributed by atoms with Crippen LogP contribution in [0.2, 0.25) is 0 Å². The largest absolute Gasteiger partial charge is 0.383 e. The van der Waals surface area contributed by atoms with Crippen LogP contribution in [0.5, 0.6) is 0 Å². The monoisotopic (exact) mass is 181 g/mol. The van der Waals surface area contributed by atoms with Crippen LogP contribution in [0.1, 0.15) is 12.5 Å². The molecule has 0 saturated carbocycles. The Hall–Kier alpha value is -1.52. The van der Waals surface area contributed by atoms with Crippen molar-refractivity contribution >= 4 is 17.6 Å². The molecular formula is C8H15N5. The van der Waals surface area contributed by atoms with Gasteiger partial charge in [0.15, 0.2) is 0 Å². The van der Waals surface area contributed by atoms with E-state index in [1.54, 1.807) is 4.90 Å². The molecule has 5 nitrogen and oxygen atoms in total. The van der Waals surface area contributed by atoms with Crippen LogP contribution < -0.4 is 16.4 Å². The van der Waals surface area contributed by atoms with Crippen LogP contribution in [-0.2, 0) is 6.42 Å². The molecule has 13 heavy (non-hydrogen) atoms. The third-order valence-corrected chi connectivity index (χ3v) is 1.81. The molecule has 0 aliphatic rings. The highest BCUT2D eigenvalue weighted by atomic mass is 15.2. The lowest BCUT2D eigenvalue weighted by Gasteiger charge is -2.13. The second-order valence-electron chi connectivity index (χ2n) is 3.02. The van der Waals surface area contributed by atoms with Gasteiger partial charge >= 0.3 is 0 Å². The van der Waals surface area contributed by atoms with E-state index < -0.39 is 0 Å². The Morgan fingerprint density at radius 2 is 1.62 bits per heavy atom. The predicted molar refractivity (Wildman–Crippen MR) is 54.6 cm³/mol. The molecule has 1 heterocycles. The minimum Gasteiger partial charge on any atom is -0.383 e. The van der Waals surface area contributed by atoms with Crippen LogP contribution in [0.25, 0.3) is 0 Å². The lowest BCUT2D eigenvalue weighted by Crippen LogP contribution is -2.16. The Morgan fingerprint density at radius 1 is 1.15 bits per heavy atom. The van der Waals surface area contributed by atoms with E-state index in [9.17, 15) is 0 Å². The number of hydrogen-bond acceptors (Lipinski definition) is 5. The fourth-order valence-electron chi connectivity index (χ4n) is 1.07. The van der Waals surface area contributed by atoms with E-state index in [-0.39, 0.29) is 0 Å². The average molecular weight is 181 g/mol. The van der Waals surface area contributed by atoms with Gasteiger partial charge in [0.2, 0.25) is 5.95 Å². The van der Waals surface area contributed by atoms with Gasteiger partial charge in [-0.2, -0.15) is 9.97 Å². The first-order valence-corrected chi connectivity index (χ1v) is 4.15. The zero-order valence-electron chi connectivity index (χ0n) is 8.20. The number of aromatic nitrogens is 2. The van der Waals surface area contributed by atoms with Crippen molar-refractivity contribution < 1.29 is 0 Å². The van der Waals surface area contributed by atoms with E-state index >= 15 is 0 Å². The Bertz CT molecular complexity index is 284. The molecule has 0 bridgehead atoms. The topological polar surface area (TPSA) is 81.1 Å². The molecule has 0 aliphatic heterocycles. The van der Waals surface area contributed by atoms with Crippen molar-refractivity contribution in [3.63, 3.8) is 0 Å². The molecule has 1 rings (SSSR count). The lowest BCUT2D eigenvalue weighted by molar-refractivity contribution is 0.982. The minimum absolute atomic E-state index is 0.471. The normalized spacial score (nSPS) is 10.1. The highest BCUT2D eigenvalue weighted by Crippen LogP contribution is 2.18. The van der Waals surface area contributed by atoms with Crippen LogP contribution in [0.3, 0.4) is 0 Å². The Kier molecular flexibility index (Phi) is 2.55. The summed E-state index contributed by atoms with van der Waals surface area (Å²) < 4.78 is 0. The predicted octanol–water partition coefficient (Wildman–Crippen LogP) is 0.269. The SMILES string of the molecule is CCc1c(N)nc(N(C)C)nc1N. The van der Waals surface area contributed by atoms with Crippen molar-refractivity contribution in [2.24, 2.45) is 0 Å². The van der Waals surface area contributed by atoms with Gasteiger partial charge in [-0.1, -0.05) is 6.92 Å². The Labute approximate surface area is 77.8 Å². The summed E-state index contributed by atoms with van der Waals surface area (Å²) in [5, 5.41) is 0. The van der Waals surface area contributed by atoms with Crippen LogP contribution in [-0.4, -0.2) is 24.1 Å². The van der Waals surface area contributed by atoms with Gasteiger partial charge in [0.1, 0.15) is 11.6 Å². The average Bonchev–Trinajstić information content (AvgIpc) is 2.03.